The molecule has 0 aromatic rings. The maximum atomic E-state index is 10.6. The number of hydrogen-bond donors (Lipinski definition) is 0. The van der Waals surface area contributed by atoms with Crippen LogP contribution < -0.4 is 0 Å². The van der Waals surface area contributed by atoms with Crippen molar-refractivity contribution in [1.29, 1.82) is 0 Å². The third-order valence-electron chi connectivity index (χ3n) is 0.784. The average Bonchev–Trinajstić information content (AvgIpc) is 1.85. The first-order valence-electron chi connectivity index (χ1n) is 3.15. The van der Waals surface area contributed by atoms with Gasteiger partial charge in [0.15, 0.2) is 0 Å². The van der Waals surface area contributed by atoms with Crippen molar-refractivity contribution < 1.29 is 9.53 Å². The summed E-state index contributed by atoms with van der Waals surface area (Å²) >= 11 is 5.53. The molecule has 0 aliphatic carbocycles. The summed E-state index contributed by atoms with van der Waals surface area (Å²) in [6.45, 7) is 3.94. The Morgan fingerprint density at radius 3 is 2.80 bits per heavy atom. The molecular formula is C7H11ClO2. The van der Waals surface area contributed by atoms with Crippen LogP contribution in [0.1, 0.15) is 13.8 Å². The van der Waals surface area contributed by atoms with E-state index in [4.69, 9.17) is 11.6 Å². The maximum absolute atomic E-state index is 10.6. The number of hydrogen-bond acceptors (Lipinski definition) is 2. The lowest BCUT2D eigenvalue weighted by Gasteiger charge is -1.94. The third-order valence-corrected chi connectivity index (χ3v) is 0.930. The number of ether oxygens (including phenoxy) is 1. The van der Waals surface area contributed by atoms with E-state index in [1.807, 2.05) is 0 Å². The minimum absolute atomic E-state index is 0.121. The van der Waals surface area contributed by atoms with Gasteiger partial charge in [0.25, 0.3) is 0 Å². The van der Waals surface area contributed by atoms with Crippen LogP contribution in [-0.4, -0.2) is 18.0 Å². The molecule has 0 fully saturated rings. The van der Waals surface area contributed by atoms with E-state index < -0.39 is 0 Å². The molecule has 3 heteroatoms. The third kappa shape index (κ3) is 5.63. The van der Waals surface area contributed by atoms with Gasteiger partial charge in [0.2, 0.25) is 0 Å². The van der Waals surface area contributed by atoms with Crippen molar-refractivity contribution in [1.82, 2.24) is 0 Å². The minimum Gasteiger partial charge on any atom is -0.463 e. The number of alkyl halides is 1. The Hall–Kier alpha value is -0.500. The Morgan fingerprint density at radius 1 is 1.80 bits per heavy atom. The van der Waals surface area contributed by atoms with Crippen molar-refractivity contribution in [3.63, 3.8) is 0 Å². The van der Waals surface area contributed by atoms with Crippen LogP contribution in [-0.2, 0) is 9.53 Å². The highest BCUT2D eigenvalue weighted by atomic mass is 35.5. The summed E-state index contributed by atoms with van der Waals surface area (Å²) in [4.78, 5) is 10.6. The lowest BCUT2D eigenvalue weighted by molar-refractivity contribution is -0.137. The Bertz CT molecular complexity index is 130. The Morgan fingerprint density at radius 2 is 2.40 bits per heavy atom. The number of rotatable bonds is 3. The smallest absolute Gasteiger partial charge is 0.330 e. The van der Waals surface area contributed by atoms with Crippen molar-refractivity contribution in [3.8, 4) is 0 Å². The molecule has 0 aliphatic heterocycles. The van der Waals surface area contributed by atoms with Crippen molar-refractivity contribution in [3.05, 3.63) is 12.2 Å². The van der Waals surface area contributed by atoms with Crippen LogP contribution in [0.15, 0.2) is 12.2 Å². The summed E-state index contributed by atoms with van der Waals surface area (Å²) in [5, 5.41) is -0.121. The first kappa shape index (κ1) is 9.50. The molecule has 0 spiro atoms. The van der Waals surface area contributed by atoms with Gasteiger partial charge in [-0.2, -0.15) is 0 Å². The predicted molar refractivity (Wildman–Crippen MR) is 41.1 cm³/mol. The fourth-order valence-corrected chi connectivity index (χ4v) is 0.474. The number of halogens is 1. The summed E-state index contributed by atoms with van der Waals surface area (Å²) in [6, 6.07) is 0. The van der Waals surface area contributed by atoms with Gasteiger partial charge in [-0.25, -0.2) is 4.79 Å². The maximum Gasteiger partial charge on any atom is 0.330 e. The lowest BCUT2D eigenvalue weighted by atomic mass is 10.4. The second kappa shape index (κ2) is 5.30. The molecule has 0 rings (SSSR count). The topological polar surface area (TPSA) is 26.3 Å². The molecule has 0 unspecified atom stereocenters. The zero-order valence-electron chi connectivity index (χ0n) is 6.13. The normalized spacial score (nSPS) is 13.5. The summed E-state index contributed by atoms with van der Waals surface area (Å²) in [5.41, 5.74) is 0. The molecule has 0 saturated heterocycles. The molecule has 0 heterocycles. The van der Waals surface area contributed by atoms with E-state index in [0.29, 0.717) is 6.61 Å². The van der Waals surface area contributed by atoms with E-state index in [9.17, 15) is 4.79 Å². The second-order valence-corrected chi connectivity index (χ2v) is 2.48. The van der Waals surface area contributed by atoms with Gasteiger partial charge in [-0.3, -0.25) is 0 Å². The van der Waals surface area contributed by atoms with E-state index in [2.05, 4.69) is 4.74 Å². The van der Waals surface area contributed by atoms with Crippen LogP contribution in [0.5, 0.6) is 0 Å². The standard InChI is InChI=1S/C7H11ClO2/c1-3-10-7(9)5-4-6(2)8/h4-6H,3H2,1-2H3/b5-4+/t6-/m0/s1. The van der Waals surface area contributed by atoms with E-state index in [-0.39, 0.29) is 11.3 Å². The zero-order chi connectivity index (χ0) is 7.98. The Balaban J connectivity index is 3.56. The van der Waals surface area contributed by atoms with Crippen molar-refractivity contribution in [2.75, 3.05) is 6.61 Å². The number of allylic oxidation sites excluding steroid dienone is 1. The number of carbonyl (C=O) groups is 1. The highest BCUT2D eigenvalue weighted by Crippen LogP contribution is 1.94. The van der Waals surface area contributed by atoms with E-state index in [1.165, 1.54) is 6.08 Å². The second-order valence-electron chi connectivity index (χ2n) is 1.79. The van der Waals surface area contributed by atoms with Crippen molar-refractivity contribution in [2.45, 2.75) is 19.2 Å². The molecule has 0 aromatic heterocycles. The molecular weight excluding hydrogens is 152 g/mol. The van der Waals surface area contributed by atoms with Crippen molar-refractivity contribution in [2.24, 2.45) is 0 Å². The molecule has 0 saturated carbocycles. The van der Waals surface area contributed by atoms with Gasteiger partial charge in [0.05, 0.1) is 6.61 Å². The molecule has 2 nitrogen and oxygen atoms in total. The van der Waals surface area contributed by atoms with Crippen LogP contribution >= 0.6 is 11.6 Å². The fourth-order valence-electron chi connectivity index (χ4n) is 0.402. The van der Waals surface area contributed by atoms with Crippen LogP contribution in [0.3, 0.4) is 0 Å². The summed E-state index contributed by atoms with van der Waals surface area (Å²) < 4.78 is 4.61. The fraction of sp³-hybridized carbons (Fsp3) is 0.571. The zero-order valence-corrected chi connectivity index (χ0v) is 6.89. The van der Waals surface area contributed by atoms with Crippen LogP contribution in [0.25, 0.3) is 0 Å². The molecule has 0 aliphatic rings. The van der Waals surface area contributed by atoms with E-state index in [1.54, 1.807) is 19.9 Å². The molecule has 0 aromatic carbocycles. The number of carbonyl (C=O) groups excluding carboxylic acids is 1. The average molecular weight is 163 g/mol. The van der Waals surface area contributed by atoms with E-state index in [0.717, 1.165) is 0 Å². The van der Waals surface area contributed by atoms with Crippen LogP contribution in [0.4, 0.5) is 0 Å². The summed E-state index contributed by atoms with van der Waals surface area (Å²) in [5.74, 6) is -0.338. The predicted octanol–water partition coefficient (Wildman–Crippen LogP) is 1.73. The summed E-state index contributed by atoms with van der Waals surface area (Å²) in [7, 11) is 0. The highest BCUT2D eigenvalue weighted by Gasteiger charge is 1.93. The molecule has 0 N–H and O–H groups in total. The molecule has 0 radical (unpaired) electrons. The van der Waals surface area contributed by atoms with Gasteiger partial charge < -0.3 is 4.74 Å². The lowest BCUT2D eigenvalue weighted by Crippen LogP contribution is -1.99. The highest BCUT2D eigenvalue weighted by molar-refractivity contribution is 6.21. The summed E-state index contributed by atoms with van der Waals surface area (Å²) in [6.07, 6.45) is 2.92. The largest absolute Gasteiger partial charge is 0.463 e. The minimum atomic E-state index is -0.338. The first-order valence-corrected chi connectivity index (χ1v) is 3.59. The first-order chi connectivity index (χ1) is 4.66. The monoisotopic (exact) mass is 162 g/mol. The molecule has 0 amide bonds. The molecule has 1 atom stereocenters. The van der Waals surface area contributed by atoms with Gasteiger partial charge in [-0.15, -0.1) is 11.6 Å². The molecule has 0 bridgehead atoms. The van der Waals surface area contributed by atoms with Gasteiger partial charge in [-0.1, -0.05) is 6.08 Å². The Kier molecular flexibility index (Phi) is 5.03. The van der Waals surface area contributed by atoms with Gasteiger partial charge >= 0.3 is 5.97 Å². The van der Waals surface area contributed by atoms with Gasteiger partial charge in [-0.05, 0) is 13.8 Å². The Labute approximate surface area is 65.8 Å². The van der Waals surface area contributed by atoms with Crippen LogP contribution in [0.2, 0.25) is 0 Å². The van der Waals surface area contributed by atoms with Gasteiger partial charge in [0, 0.05) is 11.5 Å². The van der Waals surface area contributed by atoms with E-state index >= 15 is 0 Å². The quantitative estimate of drug-likeness (QED) is 0.359. The SMILES string of the molecule is CCOC(=O)/C=C/[C@H](C)Cl. The van der Waals surface area contributed by atoms with Crippen molar-refractivity contribution >= 4 is 17.6 Å². The van der Waals surface area contributed by atoms with Gasteiger partial charge in [0.1, 0.15) is 0 Å². The number of esters is 1. The molecule has 58 valence electrons. The molecule has 10 heavy (non-hydrogen) atoms. The van der Waals surface area contributed by atoms with Crippen LogP contribution in [0, 0.1) is 0 Å².